The first-order valence-corrected chi connectivity index (χ1v) is 16.3. The molecule has 0 aromatic heterocycles. The topological polar surface area (TPSA) is 226 Å². The second-order valence-electron chi connectivity index (χ2n) is 10.0. The van der Waals surface area contributed by atoms with Crippen molar-refractivity contribution >= 4 is 29.5 Å². The second-order valence-corrected chi connectivity index (χ2v) is 10.0. The van der Waals surface area contributed by atoms with Crippen LogP contribution in [0.25, 0.3) is 0 Å². The van der Waals surface area contributed by atoms with Gasteiger partial charge < -0.3 is 47.0 Å². The largest absolute Gasteiger partial charge is 0.395 e. The average Bonchev–Trinajstić information content (AvgIpc) is 3.09. The molecule has 14 nitrogen and oxygen atoms in total. The predicted octanol–water partition coefficient (Wildman–Crippen LogP) is 2.03. The van der Waals surface area contributed by atoms with Gasteiger partial charge in [0, 0.05) is 30.8 Å². The average molecular weight is 700 g/mol. The first kappa shape index (κ1) is 54.3. The van der Waals surface area contributed by atoms with E-state index < -0.39 is 0 Å². The van der Waals surface area contributed by atoms with Crippen LogP contribution in [0.3, 0.4) is 0 Å². The minimum Gasteiger partial charge on any atom is -0.395 e. The summed E-state index contributed by atoms with van der Waals surface area (Å²) in [6.45, 7) is 22.7. The highest BCUT2D eigenvalue weighted by atomic mass is 16.3. The Bertz CT molecular complexity index is 923. The van der Waals surface area contributed by atoms with Crippen molar-refractivity contribution in [2.45, 2.75) is 85.0 Å². The molecule has 0 aliphatic rings. The van der Waals surface area contributed by atoms with Crippen LogP contribution in [0.15, 0.2) is 62.3 Å². The van der Waals surface area contributed by atoms with Gasteiger partial charge in [0.2, 0.25) is 29.5 Å². The van der Waals surface area contributed by atoms with Gasteiger partial charge in [0.25, 0.3) is 0 Å². The van der Waals surface area contributed by atoms with Crippen LogP contribution < -0.4 is 26.6 Å². The highest BCUT2D eigenvalue weighted by molar-refractivity contribution is 5.92. The van der Waals surface area contributed by atoms with E-state index in [0.29, 0.717) is 24.2 Å². The third kappa shape index (κ3) is 56.6. The fourth-order valence-electron chi connectivity index (χ4n) is 2.84. The van der Waals surface area contributed by atoms with Crippen LogP contribution in [0.5, 0.6) is 0 Å². The standard InChI is InChI=1S/C15H29NO.C6H11NO2.2C5H9NO2.C4H7NO2/c1-3-5-6-7-8-9-10-11-12-13-14-16-15(17)4-2;1-5(2)6(9)7-3-4-8;1-4(2)5(8)6-3-7;1-2-5(8)6-3-4-7;1-2-4(7)5-3-6/h4H,2-3,5-14H2,1H3,(H,16,17);8H,1,3-4H2,2H3,(H,7,9);7H,1,3H2,2H3,(H,6,8);2,7H,1,3-4H2,(H,6,8);2,6H,1,3H2,(H,5,7). The summed E-state index contributed by atoms with van der Waals surface area (Å²) in [5.74, 6) is -1.18. The molecule has 0 atom stereocenters. The van der Waals surface area contributed by atoms with Crippen LogP contribution in [-0.4, -0.2) is 96.3 Å². The quantitative estimate of drug-likeness (QED) is 0.0457. The number of aliphatic hydroxyl groups is 4. The Labute approximate surface area is 293 Å². The van der Waals surface area contributed by atoms with Crippen LogP contribution in [0.4, 0.5) is 0 Å². The number of hydrogen-bond acceptors (Lipinski definition) is 9. The van der Waals surface area contributed by atoms with E-state index in [-0.39, 0.29) is 56.2 Å². The number of hydrogen-bond donors (Lipinski definition) is 9. The van der Waals surface area contributed by atoms with Gasteiger partial charge in [-0.15, -0.1) is 0 Å². The molecular weight excluding hydrogens is 634 g/mol. The third-order valence-electron chi connectivity index (χ3n) is 5.46. The number of unbranched alkanes of at least 4 members (excludes halogenated alkanes) is 9. The summed E-state index contributed by atoms with van der Waals surface area (Å²) in [5, 5.41) is 44.4. The summed E-state index contributed by atoms with van der Waals surface area (Å²) in [4.78, 5) is 52.0. The van der Waals surface area contributed by atoms with Crippen molar-refractivity contribution in [2.24, 2.45) is 0 Å². The Balaban J connectivity index is -0.000000174. The molecule has 49 heavy (non-hydrogen) atoms. The molecule has 0 heterocycles. The Morgan fingerprint density at radius 3 is 1.12 bits per heavy atom. The molecule has 0 aliphatic carbocycles. The van der Waals surface area contributed by atoms with Crippen LogP contribution in [0, 0.1) is 0 Å². The van der Waals surface area contributed by atoms with Crippen molar-refractivity contribution in [3.8, 4) is 0 Å². The van der Waals surface area contributed by atoms with E-state index in [0.717, 1.165) is 25.1 Å². The van der Waals surface area contributed by atoms with Crippen molar-refractivity contribution in [2.75, 3.05) is 46.3 Å². The van der Waals surface area contributed by atoms with Crippen LogP contribution >= 0.6 is 0 Å². The second kappa shape index (κ2) is 46.0. The van der Waals surface area contributed by atoms with Gasteiger partial charge in [0.1, 0.15) is 13.5 Å². The van der Waals surface area contributed by atoms with Crippen LogP contribution in [-0.2, 0) is 24.0 Å². The zero-order chi connectivity index (χ0) is 38.7. The smallest absolute Gasteiger partial charge is 0.248 e. The van der Waals surface area contributed by atoms with E-state index in [1.807, 2.05) is 0 Å². The molecule has 5 amide bonds. The Hall–Kier alpha value is -4.11. The van der Waals surface area contributed by atoms with E-state index in [9.17, 15) is 24.0 Å². The van der Waals surface area contributed by atoms with Gasteiger partial charge in [-0.2, -0.15) is 0 Å². The fraction of sp³-hybridized carbons (Fsp3) is 0.571. The van der Waals surface area contributed by atoms with Crippen molar-refractivity contribution in [1.82, 2.24) is 26.6 Å². The van der Waals surface area contributed by atoms with Gasteiger partial charge in [-0.1, -0.05) is 97.6 Å². The maximum absolute atomic E-state index is 10.8. The van der Waals surface area contributed by atoms with E-state index in [1.165, 1.54) is 63.9 Å². The minimum absolute atomic E-state index is 0.0282. The predicted molar refractivity (Wildman–Crippen MR) is 196 cm³/mol. The number of rotatable bonds is 22. The van der Waals surface area contributed by atoms with Gasteiger partial charge in [0.15, 0.2) is 0 Å². The van der Waals surface area contributed by atoms with E-state index in [1.54, 1.807) is 13.8 Å². The number of nitrogens with one attached hydrogen (secondary N) is 5. The first-order valence-electron chi connectivity index (χ1n) is 16.3. The van der Waals surface area contributed by atoms with E-state index in [2.05, 4.69) is 66.4 Å². The molecule has 0 fully saturated rings. The molecule has 0 rings (SSSR count). The summed E-state index contributed by atoms with van der Waals surface area (Å²) >= 11 is 0. The fourth-order valence-corrected chi connectivity index (χ4v) is 2.84. The number of amides is 5. The highest BCUT2D eigenvalue weighted by Gasteiger charge is 1.98. The highest BCUT2D eigenvalue weighted by Crippen LogP contribution is 2.10. The molecule has 0 bridgehead atoms. The molecule has 284 valence electrons. The van der Waals surface area contributed by atoms with Crippen molar-refractivity contribution in [3.05, 3.63) is 62.3 Å². The molecule has 9 N–H and O–H groups in total. The van der Waals surface area contributed by atoms with Crippen LogP contribution in [0.2, 0.25) is 0 Å². The number of carbonyl (C=O) groups excluding carboxylic acids is 5. The summed E-state index contributed by atoms with van der Waals surface area (Å²) in [7, 11) is 0. The number of carbonyl (C=O) groups is 5. The summed E-state index contributed by atoms with van der Waals surface area (Å²) < 4.78 is 0. The van der Waals surface area contributed by atoms with E-state index in [4.69, 9.17) is 20.4 Å². The van der Waals surface area contributed by atoms with Crippen LogP contribution in [0.1, 0.15) is 85.0 Å². The lowest BCUT2D eigenvalue weighted by Crippen LogP contribution is -2.26. The van der Waals surface area contributed by atoms with Crippen molar-refractivity contribution in [3.63, 3.8) is 0 Å². The zero-order valence-corrected chi connectivity index (χ0v) is 30.1. The SMILES string of the molecule is C=C(C)C(=O)NCCO.C=C(C)C(=O)NCO.C=CC(=O)NCCCCCCCCCCCC.C=CC(=O)NCCO.C=CC(=O)NCO. The van der Waals surface area contributed by atoms with Crippen molar-refractivity contribution in [1.29, 1.82) is 0 Å². The first-order chi connectivity index (χ1) is 23.3. The lowest BCUT2D eigenvalue weighted by molar-refractivity contribution is -0.119. The normalized spacial score (nSPS) is 8.88. The summed E-state index contributed by atoms with van der Waals surface area (Å²) in [5.41, 5.74) is 0.863. The van der Waals surface area contributed by atoms with Gasteiger partial charge in [-0.3, -0.25) is 24.0 Å². The monoisotopic (exact) mass is 699 g/mol. The van der Waals surface area contributed by atoms with Gasteiger partial charge in [-0.25, -0.2) is 0 Å². The Morgan fingerprint density at radius 1 is 0.490 bits per heavy atom. The molecule has 0 unspecified atom stereocenters. The Kier molecular flexibility index (Phi) is 51.0. The molecule has 0 radical (unpaired) electrons. The third-order valence-corrected chi connectivity index (χ3v) is 5.46. The number of aliphatic hydroxyl groups excluding tert-OH is 4. The van der Waals surface area contributed by atoms with Gasteiger partial charge >= 0.3 is 0 Å². The van der Waals surface area contributed by atoms with Gasteiger partial charge in [0.05, 0.1) is 13.2 Å². The molecular formula is C35H65N5O9. The summed E-state index contributed by atoms with van der Waals surface area (Å²) in [6, 6.07) is 0. The minimum atomic E-state index is -0.359. The molecule has 0 aromatic carbocycles. The molecule has 14 heteroatoms. The van der Waals surface area contributed by atoms with E-state index >= 15 is 0 Å². The zero-order valence-electron chi connectivity index (χ0n) is 30.1. The lowest BCUT2D eigenvalue weighted by Gasteiger charge is -2.03. The molecule has 0 saturated heterocycles. The lowest BCUT2D eigenvalue weighted by atomic mass is 10.1. The molecule has 0 saturated carbocycles. The van der Waals surface area contributed by atoms with Crippen molar-refractivity contribution < 1.29 is 44.4 Å². The summed E-state index contributed by atoms with van der Waals surface area (Å²) in [6.07, 6.45) is 16.9. The molecule has 0 spiro atoms. The Morgan fingerprint density at radius 2 is 0.816 bits per heavy atom. The molecule has 0 aromatic rings. The maximum atomic E-state index is 10.8. The maximum Gasteiger partial charge on any atom is 0.248 e. The molecule has 0 aliphatic heterocycles. The van der Waals surface area contributed by atoms with Gasteiger partial charge in [-0.05, 0) is 38.5 Å².